The topological polar surface area (TPSA) is 72.6 Å². The first-order chi connectivity index (χ1) is 9.50. The number of carbonyl (C=O) groups excluding carboxylic acids is 1. The second-order valence-electron chi connectivity index (χ2n) is 4.56. The van der Waals surface area contributed by atoms with Crippen LogP contribution in [0.3, 0.4) is 0 Å². The van der Waals surface area contributed by atoms with Gasteiger partial charge in [-0.25, -0.2) is 0 Å². The van der Waals surface area contributed by atoms with E-state index in [0.717, 1.165) is 4.47 Å². The van der Waals surface area contributed by atoms with Crippen molar-refractivity contribution in [3.05, 3.63) is 22.7 Å². The van der Waals surface area contributed by atoms with Crippen LogP contribution in [0.1, 0.15) is 6.92 Å². The molecule has 1 saturated heterocycles. The lowest BCUT2D eigenvalue weighted by atomic mass is 10.3. The van der Waals surface area contributed by atoms with Crippen molar-refractivity contribution in [2.75, 3.05) is 32.0 Å². The van der Waals surface area contributed by atoms with Gasteiger partial charge in [-0.05, 0) is 25.1 Å². The number of amides is 1. The highest BCUT2D eigenvalue weighted by Crippen LogP contribution is 2.24. The van der Waals surface area contributed by atoms with E-state index >= 15 is 0 Å². The zero-order chi connectivity index (χ0) is 14.7. The van der Waals surface area contributed by atoms with Crippen molar-refractivity contribution in [2.24, 2.45) is 0 Å². The summed E-state index contributed by atoms with van der Waals surface area (Å²) in [5.74, 6) is -0.117. The minimum absolute atomic E-state index is 0.117. The first-order valence-corrected chi connectivity index (χ1v) is 8.33. The Balaban J connectivity index is 2.13. The summed E-state index contributed by atoms with van der Waals surface area (Å²) >= 11 is 3.31. The van der Waals surface area contributed by atoms with Crippen LogP contribution in [0.15, 0.2) is 27.6 Å². The Bertz CT molecular complexity index is 532. The second kappa shape index (κ2) is 6.69. The monoisotopic (exact) mass is 360 g/mol. The highest BCUT2D eigenvalue weighted by molar-refractivity contribution is 9.10. The molecule has 5 nitrogen and oxygen atoms in total. The third kappa shape index (κ3) is 3.39. The summed E-state index contributed by atoms with van der Waals surface area (Å²) in [6.07, 6.45) is 0. The highest BCUT2D eigenvalue weighted by atomic mass is 79.9. The molecule has 0 radical (unpaired) electrons. The normalized spacial score (nSPS) is 18.6. The molecule has 0 bridgehead atoms. The molecule has 1 amide bonds. The zero-order valence-corrected chi connectivity index (χ0v) is 13.6. The molecule has 1 aliphatic heterocycles. The van der Waals surface area contributed by atoms with Crippen LogP contribution in [0.4, 0.5) is 5.69 Å². The SMILES string of the molecule is CC(C(=O)N1CCOCC1)S(=O)c1ccc(Br)cc1N. The van der Waals surface area contributed by atoms with Crippen molar-refractivity contribution in [3.63, 3.8) is 0 Å². The van der Waals surface area contributed by atoms with Gasteiger partial charge in [-0.15, -0.1) is 0 Å². The van der Waals surface area contributed by atoms with E-state index in [0.29, 0.717) is 36.9 Å². The van der Waals surface area contributed by atoms with Gasteiger partial charge in [0.15, 0.2) is 0 Å². The maximum absolute atomic E-state index is 12.5. The Morgan fingerprint density at radius 1 is 1.45 bits per heavy atom. The summed E-state index contributed by atoms with van der Waals surface area (Å²) in [6, 6.07) is 5.16. The minimum Gasteiger partial charge on any atom is -0.398 e. The second-order valence-corrected chi connectivity index (χ2v) is 7.22. The minimum atomic E-state index is -1.46. The molecule has 0 spiro atoms. The van der Waals surface area contributed by atoms with Crippen molar-refractivity contribution in [2.45, 2.75) is 17.1 Å². The number of morpholine rings is 1. The number of nitrogens with two attached hydrogens (primary N) is 1. The molecule has 2 rings (SSSR count). The molecule has 1 aromatic rings. The van der Waals surface area contributed by atoms with Gasteiger partial charge in [0.1, 0.15) is 5.25 Å². The van der Waals surface area contributed by atoms with Gasteiger partial charge in [-0.2, -0.15) is 0 Å². The van der Waals surface area contributed by atoms with Gasteiger partial charge in [0.25, 0.3) is 0 Å². The number of benzene rings is 1. The molecule has 0 saturated carbocycles. The van der Waals surface area contributed by atoms with Crippen LogP contribution >= 0.6 is 15.9 Å². The van der Waals surface area contributed by atoms with E-state index in [-0.39, 0.29) is 5.91 Å². The number of hydrogen-bond donors (Lipinski definition) is 1. The molecule has 7 heteroatoms. The van der Waals surface area contributed by atoms with Gasteiger partial charge in [0.2, 0.25) is 5.91 Å². The fourth-order valence-corrected chi connectivity index (χ4v) is 3.61. The average molecular weight is 361 g/mol. The van der Waals surface area contributed by atoms with Gasteiger partial charge in [0, 0.05) is 23.2 Å². The van der Waals surface area contributed by atoms with Crippen LogP contribution < -0.4 is 5.73 Å². The molecule has 1 fully saturated rings. The standard InChI is InChI=1S/C13H17BrN2O3S/c1-9(13(17)16-4-6-19-7-5-16)20(18)12-3-2-10(14)8-11(12)15/h2-3,8-9H,4-7,15H2,1H3. The first kappa shape index (κ1) is 15.5. The number of nitrogens with zero attached hydrogens (tertiary/aromatic N) is 1. The lowest BCUT2D eigenvalue weighted by Gasteiger charge is -2.29. The number of carbonyl (C=O) groups is 1. The maximum Gasteiger partial charge on any atom is 0.238 e. The molecular weight excluding hydrogens is 344 g/mol. The summed E-state index contributed by atoms with van der Waals surface area (Å²) in [5, 5.41) is -0.614. The Morgan fingerprint density at radius 2 is 2.10 bits per heavy atom. The van der Waals surface area contributed by atoms with E-state index in [4.69, 9.17) is 10.5 Å². The van der Waals surface area contributed by atoms with E-state index in [2.05, 4.69) is 15.9 Å². The average Bonchev–Trinajstić information content (AvgIpc) is 2.46. The molecule has 2 atom stereocenters. The van der Waals surface area contributed by atoms with Crippen LogP contribution in [0.2, 0.25) is 0 Å². The summed E-state index contributed by atoms with van der Waals surface area (Å²) in [6.45, 7) is 3.85. The van der Waals surface area contributed by atoms with Crippen LogP contribution in [0.25, 0.3) is 0 Å². The largest absolute Gasteiger partial charge is 0.398 e. The van der Waals surface area contributed by atoms with Gasteiger partial charge >= 0.3 is 0 Å². The van der Waals surface area contributed by atoms with E-state index in [1.54, 1.807) is 30.0 Å². The van der Waals surface area contributed by atoms with Crippen molar-refractivity contribution in [1.29, 1.82) is 0 Å². The Hall–Kier alpha value is -0.920. The van der Waals surface area contributed by atoms with Gasteiger partial charge < -0.3 is 15.4 Å². The lowest BCUT2D eigenvalue weighted by molar-refractivity contribution is -0.134. The van der Waals surface area contributed by atoms with Crippen molar-refractivity contribution < 1.29 is 13.7 Å². The Morgan fingerprint density at radius 3 is 2.70 bits per heavy atom. The van der Waals surface area contributed by atoms with Crippen LogP contribution in [0, 0.1) is 0 Å². The number of rotatable bonds is 3. The smallest absolute Gasteiger partial charge is 0.238 e. The molecule has 1 aliphatic rings. The van der Waals surface area contributed by atoms with E-state index in [1.165, 1.54) is 0 Å². The molecule has 2 unspecified atom stereocenters. The predicted molar refractivity (Wildman–Crippen MR) is 81.8 cm³/mol. The summed E-state index contributed by atoms with van der Waals surface area (Å²) in [7, 11) is -1.46. The first-order valence-electron chi connectivity index (χ1n) is 6.33. The van der Waals surface area contributed by atoms with E-state index < -0.39 is 16.0 Å². The summed E-state index contributed by atoms with van der Waals surface area (Å²) in [5.41, 5.74) is 6.30. The van der Waals surface area contributed by atoms with Gasteiger partial charge in [-0.3, -0.25) is 9.00 Å². The molecule has 20 heavy (non-hydrogen) atoms. The number of ether oxygens (including phenoxy) is 1. The third-order valence-electron chi connectivity index (χ3n) is 3.18. The van der Waals surface area contributed by atoms with Crippen molar-refractivity contribution in [3.8, 4) is 0 Å². The fourth-order valence-electron chi connectivity index (χ4n) is 2.03. The molecular formula is C13H17BrN2O3S. The summed E-state index contributed by atoms with van der Waals surface area (Å²) < 4.78 is 18.5. The van der Waals surface area contributed by atoms with Crippen LogP contribution in [0.5, 0.6) is 0 Å². The molecule has 0 aromatic heterocycles. The van der Waals surface area contributed by atoms with Crippen LogP contribution in [-0.4, -0.2) is 46.6 Å². The summed E-state index contributed by atoms with van der Waals surface area (Å²) in [4.78, 5) is 14.5. The quantitative estimate of drug-likeness (QED) is 0.826. The predicted octanol–water partition coefficient (Wildman–Crippen LogP) is 1.39. The molecule has 110 valence electrons. The Labute approximate surface area is 129 Å². The molecule has 2 N–H and O–H groups in total. The fraction of sp³-hybridized carbons (Fsp3) is 0.462. The number of anilines is 1. The van der Waals surface area contributed by atoms with E-state index in [1.807, 2.05) is 0 Å². The zero-order valence-electron chi connectivity index (χ0n) is 11.2. The highest BCUT2D eigenvalue weighted by Gasteiger charge is 2.28. The number of hydrogen-bond acceptors (Lipinski definition) is 4. The lowest BCUT2D eigenvalue weighted by Crippen LogP contribution is -2.46. The van der Waals surface area contributed by atoms with Crippen molar-refractivity contribution >= 4 is 38.3 Å². The molecule has 1 heterocycles. The van der Waals surface area contributed by atoms with E-state index in [9.17, 15) is 9.00 Å². The molecule has 1 aromatic carbocycles. The van der Waals surface area contributed by atoms with Crippen molar-refractivity contribution in [1.82, 2.24) is 4.90 Å². The Kier molecular flexibility index (Phi) is 5.17. The molecule has 0 aliphatic carbocycles. The number of halogens is 1. The van der Waals surface area contributed by atoms with Crippen LogP contribution in [-0.2, 0) is 20.3 Å². The third-order valence-corrected chi connectivity index (χ3v) is 5.32. The van der Waals surface area contributed by atoms with Gasteiger partial charge in [-0.1, -0.05) is 15.9 Å². The number of nitrogen functional groups attached to an aromatic ring is 1. The maximum atomic E-state index is 12.5. The van der Waals surface area contributed by atoms with Gasteiger partial charge in [0.05, 0.1) is 28.9 Å².